The van der Waals surface area contributed by atoms with Gasteiger partial charge in [0, 0.05) is 12.1 Å². The zero-order valence-electron chi connectivity index (χ0n) is 10.5. The van der Waals surface area contributed by atoms with E-state index in [-0.39, 0.29) is 23.8 Å². The highest BCUT2D eigenvalue weighted by molar-refractivity contribution is 5.94. The van der Waals surface area contributed by atoms with Gasteiger partial charge in [0.1, 0.15) is 11.3 Å². The average molecular weight is 271 g/mol. The molecule has 2 aromatic rings. The number of carboxylic acids is 1. The predicted octanol–water partition coefficient (Wildman–Crippen LogP) is 2.02. The number of carbonyl (C=O) groups excluding carboxylic acids is 1. The standard InChI is InChI=1S/C15H13NO4/c17-13-7-6-10(8-12(13)15(19)20)9-16-14(18)11-4-2-1-3-5-11/h1-8,17H,9H2,(H,16,18)(H,19,20). The van der Waals surface area contributed by atoms with Crippen LogP contribution in [0.5, 0.6) is 5.75 Å². The summed E-state index contributed by atoms with van der Waals surface area (Å²) in [5.41, 5.74) is 0.950. The van der Waals surface area contributed by atoms with Gasteiger partial charge in [0.15, 0.2) is 0 Å². The number of rotatable bonds is 4. The summed E-state index contributed by atoms with van der Waals surface area (Å²) < 4.78 is 0. The second kappa shape index (κ2) is 5.88. The summed E-state index contributed by atoms with van der Waals surface area (Å²) in [6, 6.07) is 12.9. The molecule has 0 atom stereocenters. The third kappa shape index (κ3) is 3.14. The summed E-state index contributed by atoms with van der Waals surface area (Å²) in [5, 5.41) is 21.0. The number of carboxylic acid groups (broad SMARTS) is 1. The van der Waals surface area contributed by atoms with E-state index < -0.39 is 5.97 Å². The maximum Gasteiger partial charge on any atom is 0.339 e. The summed E-state index contributed by atoms with van der Waals surface area (Å²) in [6.45, 7) is 0.189. The van der Waals surface area contributed by atoms with Gasteiger partial charge in [-0.05, 0) is 29.8 Å². The number of phenols is 1. The fraction of sp³-hybridized carbons (Fsp3) is 0.0667. The normalized spacial score (nSPS) is 10.0. The molecule has 3 N–H and O–H groups in total. The van der Waals surface area contributed by atoms with E-state index in [1.807, 2.05) is 6.07 Å². The number of benzene rings is 2. The van der Waals surface area contributed by atoms with Gasteiger partial charge < -0.3 is 15.5 Å². The van der Waals surface area contributed by atoms with Crippen molar-refractivity contribution in [3.05, 3.63) is 65.2 Å². The second-order valence-electron chi connectivity index (χ2n) is 4.21. The van der Waals surface area contributed by atoms with E-state index in [1.54, 1.807) is 30.3 Å². The minimum atomic E-state index is -1.21. The minimum Gasteiger partial charge on any atom is -0.507 e. The molecule has 0 aliphatic carbocycles. The molecule has 0 spiro atoms. The Kier molecular flexibility index (Phi) is 4.00. The highest BCUT2D eigenvalue weighted by Gasteiger charge is 2.11. The first-order valence-corrected chi connectivity index (χ1v) is 5.96. The first-order chi connectivity index (χ1) is 9.58. The molecule has 0 saturated heterocycles. The van der Waals surface area contributed by atoms with E-state index in [9.17, 15) is 14.7 Å². The molecular formula is C15H13NO4. The number of hydrogen-bond acceptors (Lipinski definition) is 3. The van der Waals surface area contributed by atoms with E-state index in [0.717, 1.165) is 0 Å². The van der Waals surface area contributed by atoms with E-state index in [2.05, 4.69) is 5.32 Å². The van der Waals surface area contributed by atoms with Crippen LogP contribution >= 0.6 is 0 Å². The van der Waals surface area contributed by atoms with Crippen LogP contribution in [0.3, 0.4) is 0 Å². The fourth-order valence-corrected chi connectivity index (χ4v) is 1.74. The Bertz CT molecular complexity index is 638. The van der Waals surface area contributed by atoms with Crippen LogP contribution in [0.2, 0.25) is 0 Å². The van der Waals surface area contributed by atoms with Crippen molar-refractivity contribution in [1.29, 1.82) is 0 Å². The molecule has 0 radical (unpaired) electrons. The lowest BCUT2D eigenvalue weighted by atomic mass is 10.1. The molecule has 20 heavy (non-hydrogen) atoms. The van der Waals surface area contributed by atoms with Crippen molar-refractivity contribution in [2.75, 3.05) is 0 Å². The molecule has 5 heteroatoms. The number of hydrogen-bond donors (Lipinski definition) is 3. The Balaban J connectivity index is 2.06. The summed E-state index contributed by atoms with van der Waals surface area (Å²) in [6.07, 6.45) is 0. The van der Waals surface area contributed by atoms with Gasteiger partial charge in [0.05, 0.1) is 0 Å². The molecule has 102 valence electrons. The van der Waals surface area contributed by atoms with Crippen molar-refractivity contribution in [3.8, 4) is 5.75 Å². The van der Waals surface area contributed by atoms with Gasteiger partial charge in [0.25, 0.3) is 5.91 Å². The van der Waals surface area contributed by atoms with Gasteiger partial charge in [0.2, 0.25) is 0 Å². The number of nitrogens with one attached hydrogen (secondary N) is 1. The molecule has 2 rings (SSSR count). The highest BCUT2D eigenvalue weighted by atomic mass is 16.4. The van der Waals surface area contributed by atoms with E-state index >= 15 is 0 Å². The first kappa shape index (κ1) is 13.6. The van der Waals surface area contributed by atoms with Crippen molar-refractivity contribution in [2.45, 2.75) is 6.54 Å². The summed E-state index contributed by atoms with van der Waals surface area (Å²) in [5.74, 6) is -1.75. The predicted molar refractivity (Wildman–Crippen MR) is 72.7 cm³/mol. The van der Waals surface area contributed by atoms with Crippen molar-refractivity contribution in [3.63, 3.8) is 0 Å². The molecule has 0 fully saturated rings. The van der Waals surface area contributed by atoms with Crippen molar-refractivity contribution in [2.24, 2.45) is 0 Å². The topological polar surface area (TPSA) is 86.6 Å². The quantitative estimate of drug-likeness (QED) is 0.794. The smallest absolute Gasteiger partial charge is 0.339 e. The minimum absolute atomic E-state index is 0.184. The molecule has 2 aromatic carbocycles. The monoisotopic (exact) mass is 271 g/mol. The molecule has 0 bridgehead atoms. The van der Waals surface area contributed by atoms with Crippen LogP contribution in [-0.2, 0) is 6.54 Å². The average Bonchev–Trinajstić information content (AvgIpc) is 2.46. The van der Waals surface area contributed by atoms with Gasteiger partial charge in [-0.3, -0.25) is 4.79 Å². The van der Waals surface area contributed by atoms with Gasteiger partial charge in [-0.1, -0.05) is 24.3 Å². The summed E-state index contributed by atoms with van der Waals surface area (Å²) >= 11 is 0. The molecule has 5 nitrogen and oxygen atoms in total. The molecule has 0 aliphatic rings. The molecule has 1 amide bonds. The third-order valence-electron chi connectivity index (χ3n) is 2.78. The molecule has 0 aliphatic heterocycles. The molecule has 0 unspecified atom stereocenters. The summed E-state index contributed by atoms with van der Waals surface area (Å²) in [7, 11) is 0. The third-order valence-corrected chi connectivity index (χ3v) is 2.78. The van der Waals surface area contributed by atoms with Crippen molar-refractivity contribution in [1.82, 2.24) is 5.32 Å². The van der Waals surface area contributed by atoms with Crippen LogP contribution in [0, 0.1) is 0 Å². The Morgan fingerprint density at radius 1 is 1.05 bits per heavy atom. The Morgan fingerprint density at radius 2 is 1.75 bits per heavy atom. The van der Waals surface area contributed by atoms with Crippen LogP contribution < -0.4 is 5.32 Å². The number of aromatic hydroxyl groups is 1. The Hall–Kier alpha value is -2.82. The van der Waals surface area contributed by atoms with Gasteiger partial charge in [-0.2, -0.15) is 0 Å². The lowest BCUT2D eigenvalue weighted by Crippen LogP contribution is -2.22. The first-order valence-electron chi connectivity index (χ1n) is 5.96. The zero-order chi connectivity index (χ0) is 14.5. The van der Waals surface area contributed by atoms with Crippen LogP contribution in [0.15, 0.2) is 48.5 Å². The van der Waals surface area contributed by atoms with Crippen LogP contribution in [-0.4, -0.2) is 22.1 Å². The molecular weight excluding hydrogens is 258 g/mol. The molecule has 0 saturated carbocycles. The Morgan fingerprint density at radius 3 is 2.40 bits per heavy atom. The molecule has 0 heterocycles. The lowest BCUT2D eigenvalue weighted by molar-refractivity contribution is 0.0693. The lowest BCUT2D eigenvalue weighted by Gasteiger charge is -2.07. The van der Waals surface area contributed by atoms with E-state index in [1.165, 1.54) is 12.1 Å². The number of amides is 1. The van der Waals surface area contributed by atoms with Gasteiger partial charge >= 0.3 is 5.97 Å². The largest absolute Gasteiger partial charge is 0.507 e. The van der Waals surface area contributed by atoms with E-state index in [4.69, 9.17) is 5.11 Å². The van der Waals surface area contributed by atoms with Gasteiger partial charge in [-0.15, -0.1) is 0 Å². The highest BCUT2D eigenvalue weighted by Crippen LogP contribution is 2.18. The Labute approximate surface area is 115 Å². The van der Waals surface area contributed by atoms with Crippen LogP contribution in [0.25, 0.3) is 0 Å². The second-order valence-corrected chi connectivity index (χ2v) is 4.21. The van der Waals surface area contributed by atoms with Crippen LogP contribution in [0.4, 0.5) is 0 Å². The van der Waals surface area contributed by atoms with Crippen LogP contribution in [0.1, 0.15) is 26.3 Å². The van der Waals surface area contributed by atoms with Crippen molar-refractivity contribution < 1.29 is 19.8 Å². The fourth-order valence-electron chi connectivity index (χ4n) is 1.74. The van der Waals surface area contributed by atoms with Gasteiger partial charge in [-0.25, -0.2) is 4.79 Å². The van der Waals surface area contributed by atoms with Crippen molar-refractivity contribution >= 4 is 11.9 Å². The molecule has 0 aromatic heterocycles. The van der Waals surface area contributed by atoms with E-state index in [0.29, 0.717) is 11.1 Å². The number of carbonyl (C=O) groups is 2. The zero-order valence-corrected chi connectivity index (χ0v) is 10.5. The maximum atomic E-state index is 11.8. The summed E-state index contributed by atoms with van der Waals surface area (Å²) in [4.78, 5) is 22.7. The number of aromatic carboxylic acids is 1. The SMILES string of the molecule is O=C(NCc1ccc(O)c(C(=O)O)c1)c1ccccc1. The maximum absolute atomic E-state index is 11.8.